The molecule has 1 heterocycles. The molecule has 4 aliphatic rings. The summed E-state index contributed by atoms with van der Waals surface area (Å²) in [6.07, 6.45) is 18.1. The molecular weight excluding hydrogens is 416 g/mol. The molecule has 5 rings (SSSR count). The number of nitrogens with two attached hydrogens (primary N) is 1. The summed E-state index contributed by atoms with van der Waals surface area (Å²) < 4.78 is 0. The second kappa shape index (κ2) is 9.34. The molecule has 0 bridgehead atoms. The Balaban J connectivity index is 0.000000363. The Hall–Kier alpha value is -1.59. The van der Waals surface area contributed by atoms with E-state index >= 15 is 0 Å². The molecule has 0 aromatic carbocycles. The van der Waals surface area contributed by atoms with Crippen molar-refractivity contribution in [2.75, 3.05) is 5.75 Å². The van der Waals surface area contributed by atoms with Crippen molar-refractivity contribution in [3.05, 3.63) is 47.8 Å². The van der Waals surface area contributed by atoms with Crippen molar-refractivity contribution < 1.29 is 9.90 Å². The molecule has 4 nitrogen and oxygen atoms in total. The van der Waals surface area contributed by atoms with Gasteiger partial charge in [0.15, 0.2) is 0 Å². The minimum absolute atomic E-state index is 0.156. The lowest BCUT2D eigenvalue weighted by Gasteiger charge is -2.58. The minimum Gasteiger partial charge on any atom is -0.481 e. The predicted molar refractivity (Wildman–Crippen MR) is 133 cm³/mol. The summed E-state index contributed by atoms with van der Waals surface area (Å²) in [5.74, 6) is 2.07. The average Bonchev–Trinajstić information content (AvgIpc) is 3.11. The Bertz CT molecular complexity index is 898. The van der Waals surface area contributed by atoms with E-state index in [4.69, 9.17) is 10.8 Å². The number of hydrogen-bond donors (Lipinski definition) is 3. The molecule has 32 heavy (non-hydrogen) atoms. The number of nitrogens with zero attached hydrogens (tertiary/aromatic N) is 1. The molecule has 1 aromatic heterocycles. The lowest BCUT2D eigenvalue weighted by molar-refractivity contribution is -0.136. The summed E-state index contributed by atoms with van der Waals surface area (Å²) in [5, 5.41) is 7.86. The normalized spacial score (nSPS) is 37.6. The summed E-state index contributed by atoms with van der Waals surface area (Å²) in [6, 6.07) is 4.73. The van der Waals surface area contributed by atoms with Crippen molar-refractivity contribution in [1.82, 2.24) is 4.98 Å². The van der Waals surface area contributed by atoms with Crippen molar-refractivity contribution in [3.63, 3.8) is 0 Å². The van der Waals surface area contributed by atoms with Crippen LogP contribution in [0.4, 0.5) is 0 Å². The Morgan fingerprint density at radius 1 is 1.22 bits per heavy atom. The molecule has 2 fully saturated rings. The number of allylic oxidation sites excluding steroid dienone is 4. The zero-order chi connectivity index (χ0) is 22.9. The minimum atomic E-state index is -0.787. The third-order valence-electron chi connectivity index (χ3n) is 8.98. The van der Waals surface area contributed by atoms with Gasteiger partial charge in [0.2, 0.25) is 0 Å². The molecule has 6 atom stereocenters. The Morgan fingerprint density at radius 2 is 2.03 bits per heavy atom. The lowest BCUT2D eigenvalue weighted by atomic mass is 9.47. The summed E-state index contributed by atoms with van der Waals surface area (Å²) in [6.45, 7) is 5.08. The van der Waals surface area contributed by atoms with E-state index in [9.17, 15) is 4.79 Å². The number of aliphatic carboxylic acids is 1. The summed E-state index contributed by atoms with van der Waals surface area (Å²) in [4.78, 5) is 13.9. The van der Waals surface area contributed by atoms with Crippen molar-refractivity contribution in [2.45, 2.75) is 71.3 Å². The van der Waals surface area contributed by atoms with Crippen molar-refractivity contribution in [3.8, 4) is 0 Å². The molecule has 0 unspecified atom stereocenters. The van der Waals surface area contributed by atoms with E-state index in [0.29, 0.717) is 22.6 Å². The van der Waals surface area contributed by atoms with Gasteiger partial charge in [-0.05, 0) is 90.7 Å². The number of carbonyl (C=O) groups is 1. The highest BCUT2D eigenvalue weighted by Gasteiger charge is 2.56. The molecule has 0 saturated heterocycles. The van der Waals surface area contributed by atoms with Gasteiger partial charge in [0, 0.05) is 24.2 Å². The molecule has 0 amide bonds. The molecule has 0 spiro atoms. The fourth-order valence-corrected chi connectivity index (χ4v) is 7.64. The molecule has 0 radical (unpaired) electrons. The van der Waals surface area contributed by atoms with Crippen LogP contribution in [0.2, 0.25) is 0 Å². The molecule has 5 heteroatoms. The second-order valence-corrected chi connectivity index (χ2v) is 11.1. The number of thiol groups is 1. The van der Waals surface area contributed by atoms with E-state index in [0.717, 1.165) is 17.8 Å². The smallest absolute Gasteiger partial charge is 0.304 e. The Morgan fingerprint density at radius 3 is 2.69 bits per heavy atom. The van der Waals surface area contributed by atoms with E-state index in [2.05, 4.69) is 61.9 Å². The largest absolute Gasteiger partial charge is 0.481 e. The second-order valence-electron chi connectivity index (χ2n) is 10.7. The maximum atomic E-state index is 9.55. The number of fused-ring (bicyclic) bond motifs is 5. The Kier molecular flexibility index (Phi) is 6.88. The van der Waals surface area contributed by atoms with Gasteiger partial charge in [-0.2, -0.15) is 12.6 Å². The first-order chi connectivity index (χ1) is 15.3. The molecule has 2 saturated carbocycles. The molecule has 174 valence electrons. The fraction of sp³-hybridized carbons (Fsp3) is 0.630. The van der Waals surface area contributed by atoms with Gasteiger partial charge in [0.05, 0.1) is 6.42 Å². The SMILES string of the molecule is C[C@]12C[C@@H](N)CCC1=CC[C@@H]1[C@@H]2CC[C@]2(C)C(c3cccnc3)=CC[C@@H]12.O=C(O)CCS. The molecular formula is C27H38N2O2S. The maximum absolute atomic E-state index is 9.55. The monoisotopic (exact) mass is 454 g/mol. The number of hydrogen-bond acceptors (Lipinski definition) is 4. The highest BCUT2D eigenvalue weighted by atomic mass is 32.1. The van der Waals surface area contributed by atoms with Gasteiger partial charge in [-0.15, -0.1) is 0 Å². The van der Waals surface area contributed by atoms with Crippen LogP contribution in [0.1, 0.15) is 70.8 Å². The number of carboxylic acids is 1. The van der Waals surface area contributed by atoms with Gasteiger partial charge < -0.3 is 10.8 Å². The topological polar surface area (TPSA) is 76.2 Å². The molecule has 0 aliphatic heterocycles. The number of pyridine rings is 1. The van der Waals surface area contributed by atoms with Crippen LogP contribution in [0.5, 0.6) is 0 Å². The summed E-state index contributed by atoms with van der Waals surface area (Å²) in [5.41, 5.74) is 11.8. The van der Waals surface area contributed by atoms with E-state index in [1.54, 1.807) is 11.1 Å². The maximum Gasteiger partial charge on any atom is 0.304 e. The lowest BCUT2D eigenvalue weighted by Crippen LogP contribution is -2.51. The van der Waals surface area contributed by atoms with E-state index < -0.39 is 5.97 Å². The van der Waals surface area contributed by atoms with Crippen LogP contribution in [0, 0.1) is 28.6 Å². The van der Waals surface area contributed by atoms with E-state index in [1.807, 2.05) is 6.20 Å². The van der Waals surface area contributed by atoms with Gasteiger partial charge in [0.25, 0.3) is 0 Å². The third kappa shape index (κ3) is 4.19. The molecule has 3 N–H and O–H groups in total. The zero-order valence-corrected chi connectivity index (χ0v) is 20.4. The van der Waals surface area contributed by atoms with Gasteiger partial charge >= 0.3 is 5.97 Å². The van der Waals surface area contributed by atoms with Crippen LogP contribution in [0.25, 0.3) is 5.57 Å². The van der Waals surface area contributed by atoms with Crippen LogP contribution in [0.3, 0.4) is 0 Å². The van der Waals surface area contributed by atoms with Crippen molar-refractivity contribution in [2.24, 2.45) is 34.3 Å². The van der Waals surface area contributed by atoms with Gasteiger partial charge in [0.1, 0.15) is 0 Å². The van der Waals surface area contributed by atoms with Crippen LogP contribution in [0.15, 0.2) is 42.3 Å². The van der Waals surface area contributed by atoms with Crippen LogP contribution >= 0.6 is 12.6 Å². The van der Waals surface area contributed by atoms with Crippen LogP contribution < -0.4 is 5.73 Å². The fourth-order valence-electron chi connectivity index (χ4n) is 7.45. The molecule has 1 aromatic rings. The predicted octanol–water partition coefficient (Wildman–Crippen LogP) is 5.76. The van der Waals surface area contributed by atoms with Crippen LogP contribution in [-0.2, 0) is 4.79 Å². The van der Waals surface area contributed by atoms with Gasteiger partial charge in [-0.25, -0.2) is 0 Å². The van der Waals surface area contributed by atoms with Gasteiger partial charge in [-0.1, -0.05) is 37.6 Å². The first kappa shape index (κ1) is 23.6. The van der Waals surface area contributed by atoms with Crippen molar-refractivity contribution in [1.29, 1.82) is 0 Å². The quantitative estimate of drug-likeness (QED) is 0.401. The van der Waals surface area contributed by atoms with E-state index in [1.165, 1.54) is 50.5 Å². The van der Waals surface area contributed by atoms with Gasteiger partial charge in [-0.3, -0.25) is 9.78 Å². The average molecular weight is 455 g/mol. The molecule has 4 aliphatic carbocycles. The highest BCUT2D eigenvalue weighted by Crippen LogP contribution is 2.66. The summed E-state index contributed by atoms with van der Waals surface area (Å²) in [7, 11) is 0. The van der Waals surface area contributed by atoms with Crippen LogP contribution in [-0.4, -0.2) is 27.9 Å². The number of aromatic nitrogens is 1. The first-order valence-corrected chi connectivity index (χ1v) is 12.8. The van der Waals surface area contributed by atoms with E-state index in [-0.39, 0.29) is 6.42 Å². The summed E-state index contributed by atoms with van der Waals surface area (Å²) >= 11 is 3.68. The standard InChI is InChI=1S/C24H32N2.C3H6O2S/c1-23-12-11-22-19(8-6-17-5-7-18(25)14-24(17,22)2)21(23)10-9-20(23)16-4-3-13-26-15-16;4-3(5)1-2-6/h3-4,6,9,13,15,18-19,21-22H,5,7-8,10-12,14,25H2,1-2H3;6H,1-2H2,(H,4,5)/t18-,19-,21-,22-,23+,24-;/m0./s1. The zero-order valence-electron chi connectivity index (χ0n) is 19.5. The van der Waals surface area contributed by atoms with Crippen molar-refractivity contribution >= 4 is 24.2 Å². The first-order valence-electron chi connectivity index (χ1n) is 12.2. The number of carboxylic acid groups (broad SMARTS) is 1. The Labute approximate surface area is 198 Å². The number of rotatable bonds is 3. The highest BCUT2D eigenvalue weighted by molar-refractivity contribution is 7.80. The third-order valence-corrected chi connectivity index (χ3v) is 9.20.